The highest BCUT2D eigenvalue weighted by atomic mass is 32.2. The van der Waals surface area contributed by atoms with Crippen molar-refractivity contribution in [3.63, 3.8) is 0 Å². The van der Waals surface area contributed by atoms with Crippen LogP contribution in [0.2, 0.25) is 0 Å². The molecule has 4 N–H and O–H groups in total. The molecule has 39 heavy (non-hydrogen) atoms. The second kappa shape index (κ2) is 10.4. The Hall–Kier alpha value is -4.35. The van der Waals surface area contributed by atoms with Crippen LogP contribution in [0.4, 0.5) is 17.1 Å². The number of nitrogens with zero attached hydrogens (tertiary/aromatic N) is 2. The van der Waals surface area contributed by atoms with Crippen LogP contribution in [-0.4, -0.2) is 41.3 Å². The second-order valence-corrected chi connectivity index (χ2v) is 10.8. The molecule has 200 valence electrons. The molecule has 1 aliphatic rings. The number of benzene rings is 4. The van der Waals surface area contributed by atoms with Gasteiger partial charge in [-0.3, -0.25) is 14.1 Å². The van der Waals surface area contributed by atoms with Crippen LogP contribution in [0.5, 0.6) is 11.5 Å². The summed E-state index contributed by atoms with van der Waals surface area (Å²) < 4.78 is 35.4. The highest BCUT2D eigenvalue weighted by Gasteiger charge is 2.28. The van der Waals surface area contributed by atoms with Gasteiger partial charge in [-0.2, -0.15) is 8.42 Å². The molecule has 1 fully saturated rings. The summed E-state index contributed by atoms with van der Waals surface area (Å²) in [6, 6.07) is 13.5. The highest BCUT2D eigenvalue weighted by molar-refractivity contribution is 7.86. The largest absolute Gasteiger partial charge is 0.507 e. The Kier molecular flexibility index (Phi) is 7.02. The van der Waals surface area contributed by atoms with Crippen LogP contribution in [0.1, 0.15) is 42.5 Å². The maximum absolute atomic E-state index is 12.6. The molecular formula is C28H25N3O7S. The molecule has 0 unspecified atom stereocenters. The lowest BCUT2D eigenvalue weighted by Crippen LogP contribution is -2.22. The average molecular weight is 548 g/mol. The van der Waals surface area contributed by atoms with Gasteiger partial charge in [0.2, 0.25) is 5.78 Å². The number of azo groups is 1. The average Bonchev–Trinajstić information content (AvgIpc) is 2.94. The lowest BCUT2D eigenvalue weighted by atomic mass is 9.94. The molecule has 4 aromatic rings. The maximum Gasteiger partial charge on any atom is 0.296 e. The molecule has 10 nitrogen and oxygen atoms in total. The van der Waals surface area contributed by atoms with Crippen molar-refractivity contribution in [1.82, 2.24) is 0 Å². The van der Waals surface area contributed by atoms with Crippen LogP contribution in [0, 0.1) is 0 Å². The summed E-state index contributed by atoms with van der Waals surface area (Å²) in [6.45, 7) is 0. The quantitative estimate of drug-likeness (QED) is 0.0404. The molecule has 0 atom stereocenters. The fourth-order valence-corrected chi connectivity index (χ4v) is 5.76. The Labute approximate surface area is 223 Å². The monoisotopic (exact) mass is 547 g/mol. The lowest BCUT2D eigenvalue weighted by Gasteiger charge is -2.26. The van der Waals surface area contributed by atoms with E-state index >= 15 is 0 Å². The molecule has 1 aliphatic carbocycles. The van der Waals surface area contributed by atoms with Gasteiger partial charge in [-0.1, -0.05) is 55.7 Å². The number of fused-ring (bicyclic) bond motifs is 2. The number of rotatable bonds is 7. The summed E-state index contributed by atoms with van der Waals surface area (Å²) in [6.07, 6.45) is 4.81. The molecule has 0 bridgehead atoms. The minimum atomic E-state index is -4.92. The zero-order valence-electron chi connectivity index (χ0n) is 20.7. The first-order valence-corrected chi connectivity index (χ1v) is 13.8. The number of carbonyl (C=O) groups is 2. The molecule has 0 amide bonds. The highest BCUT2D eigenvalue weighted by Crippen LogP contribution is 2.51. The Morgan fingerprint density at radius 1 is 0.897 bits per heavy atom. The molecular weight excluding hydrogens is 522 g/mol. The van der Waals surface area contributed by atoms with Gasteiger partial charge < -0.3 is 15.5 Å². The number of phenolic OH excluding ortho intramolecular Hbond substituents is 2. The number of aldehydes is 1. The summed E-state index contributed by atoms with van der Waals surface area (Å²) in [5, 5.41) is 34.7. The van der Waals surface area contributed by atoms with Crippen molar-refractivity contribution in [1.29, 1.82) is 0 Å². The van der Waals surface area contributed by atoms with Crippen LogP contribution in [-0.2, 0) is 14.9 Å². The zero-order valence-corrected chi connectivity index (χ0v) is 21.5. The van der Waals surface area contributed by atoms with E-state index in [1.807, 2.05) is 0 Å². The summed E-state index contributed by atoms with van der Waals surface area (Å²) in [5.41, 5.74) is -0.327. The Morgan fingerprint density at radius 2 is 1.51 bits per heavy atom. The van der Waals surface area contributed by atoms with Crippen molar-refractivity contribution in [2.45, 2.75) is 43.0 Å². The van der Waals surface area contributed by atoms with Crippen LogP contribution < -0.4 is 5.32 Å². The molecule has 0 heterocycles. The van der Waals surface area contributed by atoms with Crippen LogP contribution in [0.15, 0.2) is 69.7 Å². The van der Waals surface area contributed by atoms with Gasteiger partial charge in [0.15, 0.2) is 6.29 Å². The number of Topliss-reactive ketones (excluding diaryl/α,β-unsaturated/α-hetero) is 1. The number of ketones is 1. The molecule has 1 saturated carbocycles. The van der Waals surface area contributed by atoms with Crippen molar-refractivity contribution in [2.24, 2.45) is 10.2 Å². The minimum absolute atomic E-state index is 0.0158. The van der Waals surface area contributed by atoms with Crippen molar-refractivity contribution in [3.05, 3.63) is 60.2 Å². The number of nitrogens with one attached hydrogen (secondary N) is 1. The van der Waals surface area contributed by atoms with Crippen LogP contribution in [0.3, 0.4) is 0 Å². The molecule has 4 aromatic carbocycles. The van der Waals surface area contributed by atoms with E-state index in [1.54, 1.807) is 30.3 Å². The normalized spacial score (nSPS) is 14.7. The second-order valence-electron chi connectivity index (χ2n) is 9.42. The number of hydrogen-bond donors (Lipinski definition) is 4. The first kappa shape index (κ1) is 26.3. The maximum atomic E-state index is 12.6. The Balaban J connectivity index is 1.85. The third kappa shape index (κ3) is 4.93. The van der Waals surface area contributed by atoms with Gasteiger partial charge >= 0.3 is 0 Å². The zero-order chi connectivity index (χ0) is 27.7. The van der Waals surface area contributed by atoms with E-state index in [9.17, 15) is 32.8 Å². The van der Waals surface area contributed by atoms with Gasteiger partial charge in [0, 0.05) is 22.5 Å². The number of carbonyl (C=O) groups excluding carboxylic acids is 2. The SMILES string of the molecule is O=CC(=O)c1ccccc1N=Nc1c(S(=O)(=O)O)cc(NC2CCCCC2)c2c(O)c3ccccc3c(O)c12. The molecule has 0 saturated heterocycles. The third-order valence-corrected chi connectivity index (χ3v) is 7.82. The number of anilines is 1. The lowest BCUT2D eigenvalue weighted by molar-refractivity contribution is -0.104. The molecule has 0 radical (unpaired) electrons. The van der Waals surface area contributed by atoms with Crippen LogP contribution in [0.25, 0.3) is 21.5 Å². The predicted molar refractivity (Wildman–Crippen MR) is 146 cm³/mol. The van der Waals surface area contributed by atoms with Crippen LogP contribution >= 0.6 is 0 Å². The molecule has 0 spiro atoms. The fourth-order valence-electron chi connectivity index (χ4n) is 5.10. The van der Waals surface area contributed by atoms with Crippen molar-refractivity contribution >= 4 is 60.8 Å². The summed E-state index contributed by atoms with van der Waals surface area (Å²) in [7, 11) is -4.92. The number of aromatic hydroxyl groups is 2. The minimum Gasteiger partial charge on any atom is -0.507 e. The number of hydrogen-bond acceptors (Lipinski definition) is 9. The van der Waals surface area contributed by atoms with Gasteiger partial charge in [0.25, 0.3) is 10.1 Å². The van der Waals surface area contributed by atoms with Crippen molar-refractivity contribution in [3.8, 4) is 11.5 Å². The van der Waals surface area contributed by atoms with Gasteiger partial charge in [0.1, 0.15) is 22.1 Å². The van der Waals surface area contributed by atoms with E-state index in [2.05, 4.69) is 15.5 Å². The van der Waals surface area contributed by atoms with Gasteiger partial charge in [0.05, 0.1) is 22.0 Å². The van der Waals surface area contributed by atoms with Crippen molar-refractivity contribution in [2.75, 3.05) is 5.32 Å². The van der Waals surface area contributed by atoms with E-state index in [0.29, 0.717) is 5.39 Å². The van der Waals surface area contributed by atoms with E-state index in [0.717, 1.165) is 38.2 Å². The predicted octanol–water partition coefficient (Wildman–Crippen LogP) is 6.19. The standard InChI is InChI=1S/C28H25N3O7S/c32-15-22(33)19-12-6-7-13-20(19)30-31-26-23(39(36,37)38)14-21(29-16-8-2-1-3-9-16)24-25(26)28(35)18-11-5-4-10-17(18)27(24)34/h4-7,10-16,29,34-35H,1-3,8-9H2,(H,36,37,38). The van der Waals surface area contributed by atoms with Gasteiger partial charge in [-0.25, -0.2) is 0 Å². The first-order valence-electron chi connectivity index (χ1n) is 12.4. The fraction of sp³-hybridized carbons (Fsp3) is 0.214. The van der Waals surface area contributed by atoms with E-state index in [4.69, 9.17) is 0 Å². The number of phenols is 2. The summed E-state index contributed by atoms with van der Waals surface area (Å²) in [5.74, 6) is -1.45. The van der Waals surface area contributed by atoms with Gasteiger partial charge in [-0.15, -0.1) is 10.2 Å². The Bertz CT molecular complexity index is 1760. The summed E-state index contributed by atoms with van der Waals surface area (Å²) >= 11 is 0. The third-order valence-electron chi connectivity index (χ3n) is 6.95. The Morgan fingerprint density at radius 3 is 2.15 bits per heavy atom. The summed E-state index contributed by atoms with van der Waals surface area (Å²) in [4.78, 5) is 22.5. The smallest absolute Gasteiger partial charge is 0.296 e. The molecule has 5 rings (SSSR count). The van der Waals surface area contributed by atoms with E-state index in [1.165, 1.54) is 18.2 Å². The molecule has 0 aliphatic heterocycles. The first-order chi connectivity index (χ1) is 18.7. The topological polar surface area (TPSA) is 166 Å². The van der Waals surface area contributed by atoms with Crippen molar-refractivity contribution < 1.29 is 32.8 Å². The molecule has 0 aromatic heterocycles. The molecule has 11 heteroatoms. The van der Waals surface area contributed by atoms with E-state index in [-0.39, 0.29) is 56.9 Å². The van der Waals surface area contributed by atoms with Gasteiger partial charge in [-0.05, 0) is 31.0 Å². The van der Waals surface area contributed by atoms with E-state index < -0.39 is 26.5 Å².